The van der Waals surface area contributed by atoms with E-state index in [-0.39, 0.29) is 12.1 Å². The molecule has 0 aliphatic carbocycles. The molecule has 0 amide bonds. The summed E-state index contributed by atoms with van der Waals surface area (Å²) in [5.41, 5.74) is 2.09. The maximum atomic E-state index is 11.4. The van der Waals surface area contributed by atoms with E-state index in [4.69, 9.17) is 4.74 Å². The zero-order chi connectivity index (χ0) is 11.5. The van der Waals surface area contributed by atoms with Crippen molar-refractivity contribution in [1.82, 2.24) is 0 Å². The Balaban J connectivity index is 2.21. The minimum Gasteiger partial charge on any atom is -0.473 e. The van der Waals surface area contributed by atoms with Crippen molar-refractivity contribution in [3.8, 4) is 0 Å². The highest BCUT2D eigenvalue weighted by atomic mass is 16.5. The van der Waals surface area contributed by atoms with E-state index in [0.29, 0.717) is 0 Å². The molecule has 1 heterocycles. The number of methoxy groups -OCH3 is 1. The fourth-order valence-electron chi connectivity index (χ4n) is 1.64. The van der Waals surface area contributed by atoms with Crippen molar-refractivity contribution in [3.63, 3.8) is 0 Å². The molecule has 2 atom stereocenters. The van der Waals surface area contributed by atoms with E-state index in [0.717, 1.165) is 11.1 Å². The summed E-state index contributed by atoms with van der Waals surface area (Å²) in [5.74, 6) is -0.376. The van der Waals surface area contributed by atoms with Crippen LogP contribution in [0.2, 0.25) is 0 Å². The first-order valence-electron chi connectivity index (χ1n) is 5.04. The number of carbonyl (C=O) groups is 1. The van der Waals surface area contributed by atoms with Crippen molar-refractivity contribution in [2.75, 3.05) is 7.11 Å². The monoisotopic (exact) mass is 219 g/mol. The molecule has 0 saturated carbocycles. The molecule has 0 radical (unpaired) electrons. The quantitative estimate of drug-likeness (QED) is 0.710. The van der Waals surface area contributed by atoms with E-state index in [2.05, 4.69) is 9.73 Å². The van der Waals surface area contributed by atoms with Gasteiger partial charge < -0.3 is 9.47 Å². The van der Waals surface area contributed by atoms with Crippen LogP contribution in [0, 0.1) is 6.92 Å². The predicted molar refractivity (Wildman–Crippen MR) is 59.3 cm³/mol. The number of hydrogen-bond donors (Lipinski definition) is 0. The number of nitrogens with zero attached hydrogens (tertiary/aromatic N) is 1. The summed E-state index contributed by atoms with van der Waals surface area (Å²) in [4.78, 5) is 15.4. The van der Waals surface area contributed by atoms with Gasteiger partial charge in [-0.25, -0.2) is 9.79 Å². The summed E-state index contributed by atoms with van der Waals surface area (Å²) in [6.07, 6.45) is 0.944. The molecule has 1 aliphatic rings. The molecule has 0 spiro atoms. The maximum Gasteiger partial charge on any atom is 0.334 e. The Labute approximate surface area is 93.9 Å². The standard InChI is InChI=1S/C12H13NO3/c1-8-3-5-9(6-4-8)11-10(12(14)15-2)13-7-16-11/h3-7,10-11H,1-2H3/t10-,11+/m0/s1. The first kappa shape index (κ1) is 10.7. The van der Waals surface area contributed by atoms with Crippen LogP contribution in [-0.2, 0) is 14.3 Å². The average molecular weight is 219 g/mol. The van der Waals surface area contributed by atoms with Crippen LogP contribution in [0.25, 0.3) is 0 Å². The maximum absolute atomic E-state index is 11.4. The molecule has 4 nitrogen and oxygen atoms in total. The molecule has 1 aliphatic heterocycles. The molecule has 16 heavy (non-hydrogen) atoms. The van der Waals surface area contributed by atoms with Crippen LogP contribution < -0.4 is 0 Å². The Bertz CT molecular complexity index is 411. The lowest BCUT2D eigenvalue weighted by atomic mass is 10.0. The fraction of sp³-hybridized carbons (Fsp3) is 0.333. The topological polar surface area (TPSA) is 47.9 Å². The van der Waals surface area contributed by atoms with Gasteiger partial charge in [0.1, 0.15) is 0 Å². The molecule has 1 aromatic rings. The van der Waals surface area contributed by atoms with Crippen LogP contribution >= 0.6 is 0 Å². The van der Waals surface area contributed by atoms with E-state index < -0.39 is 6.04 Å². The van der Waals surface area contributed by atoms with Gasteiger partial charge in [0.2, 0.25) is 0 Å². The highest BCUT2D eigenvalue weighted by Gasteiger charge is 2.34. The van der Waals surface area contributed by atoms with Gasteiger partial charge in [0.25, 0.3) is 0 Å². The SMILES string of the molecule is COC(=O)[C@H]1N=CO[C@@H]1c1ccc(C)cc1. The summed E-state index contributed by atoms with van der Waals surface area (Å²) in [5, 5.41) is 0. The van der Waals surface area contributed by atoms with Gasteiger partial charge in [0.05, 0.1) is 7.11 Å². The van der Waals surface area contributed by atoms with Crippen LogP contribution in [0.5, 0.6) is 0 Å². The van der Waals surface area contributed by atoms with Crippen LogP contribution in [0.15, 0.2) is 29.3 Å². The van der Waals surface area contributed by atoms with Crippen molar-refractivity contribution in [2.45, 2.75) is 19.1 Å². The lowest BCUT2D eigenvalue weighted by molar-refractivity contribution is -0.143. The van der Waals surface area contributed by atoms with Crippen LogP contribution in [0.4, 0.5) is 0 Å². The van der Waals surface area contributed by atoms with Gasteiger partial charge in [-0.2, -0.15) is 0 Å². The Morgan fingerprint density at radius 3 is 2.69 bits per heavy atom. The summed E-state index contributed by atoms with van der Waals surface area (Å²) >= 11 is 0. The summed E-state index contributed by atoms with van der Waals surface area (Å²) in [6, 6.07) is 7.24. The Hall–Kier alpha value is -1.84. The number of carbonyl (C=O) groups excluding carboxylic acids is 1. The number of rotatable bonds is 2. The third-order valence-corrected chi connectivity index (χ3v) is 2.56. The van der Waals surface area contributed by atoms with Gasteiger partial charge >= 0.3 is 5.97 Å². The van der Waals surface area contributed by atoms with Crippen molar-refractivity contribution >= 4 is 12.4 Å². The number of benzene rings is 1. The first-order chi connectivity index (χ1) is 7.72. The van der Waals surface area contributed by atoms with Gasteiger partial charge in [-0.3, -0.25) is 0 Å². The van der Waals surface area contributed by atoms with Crippen molar-refractivity contribution in [3.05, 3.63) is 35.4 Å². The van der Waals surface area contributed by atoms with Crippen LogP contribution in [0.3, 0.4) is 0 Å². The predicted octanol–water partition coefficient (Wildman–Crippen LogP) is 1.64. The smallest absolute Gasteiger partial charge is 0.334 e. The zero-order valence-electron chi connectivity index (χ0n) is 9.21. The molecule has 1 aromatic carbocycles. The Morgan fingerprint density at radius 1 is 1.38 bits per heavy atom. The largest absolute Gasteiger partial charge is 0.473 e. The second kappa shape index (κ2) is 4.35. The molecule has 0 unspecified atom stereocenters. The third kappa shape index (κ3) is 1.91. The molecule has 2 rings (SSSR count). The van der Waals surface area contributed by atoms with E-state index in [9.17, 15) is 4.79 Å². The number of hydrogen-bond acceptors (Lipinski definition) is 4. The minimum absolute atomic E-state index is 0.368. The van der Waals surface area contributed by atoms with Crippen molar-refractivity contribution in [2.24, 2.45) is 4.99 Å². The van der Waals surface area contributed by atoms with E-state index >= 15 is 0 Å². The lowest BCUT2D eigenvalue weighted by Crippen LogP contribution is -2.25. The van der Waals surface area contributed by atoms with Crippen molar-refractivity contribution in [1.29, 1.82) is 0 Å². The molecular weight excluding hydrogens is 206 g/mol. The summed E-state index contributed by atoms with van der Waals surface area (Å²) in [7, 11) is 1.35. The number of ether oxygens (including phenoxy) is 2. The average Bonchev–Trinajstić information content (AvgIpc) is 2.78. The molecule has 0 N–H and O–H groups in total. The van der Waals surface area contributed by atoms with Crippen molar-refractivity contribution < 1.29 is 14.3 Å². The second-order valence-electron chi connectivity index (χ2n) is 3.69. The highest BCUT2D eigenvalue weighted by Crippen LogP contribution is 2.27. The van der Waals surface area contributed by atoms with E-state index in [1.807, 2.05) is 31.2 Å². The van der Waals surface area contributed by atoms with Gasteiger partial charge in [0.15, 0.2) is 18.5 Å². The molecule has 0 bridgehead atoms. The Kier molecular flexibility index (Phi) is 2.90. The Morgan fingerprint density at radius 2 is 2.06 bits per heavy atom. The van der Waals surface area contributed by atoms with Crippen LogP contribution in [-0.4, -0.2) is 25.5 Å². The molecule has 0 aromatic heterocycles. The molecular formula is C12H13NO3. The number of aryl methyl sites for hydroxylation is 1. The summed E-state index contributed by atoms with van der Waals surface area (Å²) in [6.45, 7) is 2.01. The normalized spacial score (nSPS) is 22.9. The van der Waals surface area contributed by atoms with Crippen LogP contribution in [0.1, 0.15) is 17.2 Å². The highest BCUT2D eigenvalue weighted by molar-refractivity contribution is 5.80. The number of aliphatic imine (C=N–C) groups is 1. The van der Waals surface area contributed by atoms with Gasteiger partial charge in [-0.15, -0.1) is 0 Å². The molecule has 0 saturated heterocycles. The third-order valence-electron chi connectivity index (χ3n) is 2.56. The van der Waals surface area contributed by atoms with Gasteiger partial charge in [0, 0.05) is 0 Å². The van der Waals surface area contributed by atoms with Gasteiger partial charge in [-0.05, 0) is 12.5 Å². The van der Waals surface area contributed by atoms with Gasteiger partial charge in [-0.1, -0.05) is 29.8 Å². The minimum atomic E-state index is -0.590. The molecule has 4 heteroatoms. The fourth-order valence-corrected chi connectivity index (χ4v) is 1.64. The molecule has 0 fully saturated rings. The lowest BCUT2D eigenvalue weighted by Gasteiger charge is -2.15. The van der Waals surface area contributed by atoms with E-state index in [1.54, 1.807) is 0 Å². The first-order valence-corrected chi connectivity index (χ1v) is 5.04. The van der Waals surface area contributed by atoms with E-state index in [1.165, 1.54) is 13.5 Å². The second-order valence-corrected chi connectivity index (χ2v) is 3.69. The summed E-state index contributed by atoms with van der Waals surface area (Å²) < 4.78 is 10.00. The number of esters is 1. The zero-order valence-corrected chi connectivity index (χ0v) is 9.21. The molecule has 84 valence electrons.